The summed E-state index contributed by atoms with van der Waals surface area (Å²) >= 11 is 0. The number of carbonyl (C=O) groups is 2. The molecule has 0 aromatic heterocycles. The van der Waals surface area contributed by atoms with Crippen molar-refractivity contribution in [3.05, 3.63) is 48.0 Å². The maximum absolute atomic E-state index is 13.7. The van der Waals surface area contributed by atoms with Gasteiger partial charge in [0.1, 0.15) is 29.7 Å². The van der Waals surface area contributed by atoms with E-state index in [-0.39, 0.29) is 18.3 Å². The highest BCUT2D eigenvalue weighted by Gasteiger charge is 2.32. The molecule has 1 saturated heterocycles. The second kappa shape index (κ2) is 8.12. The lowest BCUT2D eigenvalue weighted by Crippen LogP contribution is -2.37. The molecule has 0 radical (unpaired) electrons. The Morgan fingerprint density at radius 3 is 2.57 bits per heavy atom. The molecule has 2 aromatic carbocycles. The summed E-state index contributed by atoms with van der Waals surface area (Å²) in [4.78, 5) is 27.7. The van der Waals surface area contributed by atoms with E-state index < -0.39 is 17.5 Å². The molecule has 0 aliphatic carbocycles. The lowest BCUT2D eigenvalue weighted by Gasteiger charge is -2.21. The molecule has 0 saturated carbocycles. The lowest BCUT2D eigenvalue weighted by atomic mass is 10.2. The van der Waals surface area contributed by atoms with Gasteiger partial charge in [0.25, 0.3) is 0 Å². The van der Waals surface area contributed by atoms with Gasteiger partial charge in [-0.2, -0.15) is 0 Å². The zero-order valence-corrected chi connectivity index (χ0v) is 15.4. The third kappa shape index (κ3) is 3.98. The van der Waals surface area contributed by atoms with E-state index in [0.717, 1.165) is 12.1 Å². The summed E-state index contributed by atoms with van der Waals surface area (Å²) in [6, 6.07) is 7.53. The highest BCUT2D eigenvalue weighted by molar-refractivity contribution is 6.00. The van der Waals surface area contributed by atoms with E-state index in [1.165, 1.54) is 24.0 Å². The third-order valence-electron chi connectivity index (χ3n) is 4.31. The summed E-state index contributed by atoms with van der Waals surface area (Å²) in [5, 5.41) is 2.34. The smallest absolute Gasteiger partial charge is 0.325 e. The van der Waals surface area contributed by atoms with Crippen LogP contribution in [0.25, 0.3) is 0 Å². The van der Waals surface area contributed by atoms with Gasteiger partial charge in [0.2, 0.25) is 5.91 Å². The number of urea groups is 1. The fourth-order valence-corrected chi connectivity index (χ4v) is 2.91. The summed E-state index contributed by atoms with van der Waals surface area (Å²) in [5.74, 6) is -1.16. The van der Waals surface area contributed by atoms with Crippen molar-refractivity contribution in [1.29, 1.82) is 0 Å². The predicted octanol–water partition coefficient (Wildman–Crippen LogP) is 2.86. The molecule has 3 rings (SSSR count). The van der Waals surface area contributed by atoms with Gasteiger partial charge in [-0.05, 0) is 24.3 Å². The van der Waals surface area contributed by atoms with E-state index in [9.17, 15) is 18.4 Å². The van der Waals surface area contributed by atoms with Crippen molar-refractivity contribution in [2.45, 2.75) is 0 Å². The number of rotatable bonds is 6. The van der Waals surface area contributed by atoms with E-state index in [1.54, 1.807) is 18.2 Å². The van der Waals surface area contributed by atoms with Gasteiger partial charge in [0.05, 0.1) is 25.6 Å². The SMILES string of the molecule is COc1ccc(OC)c(N2CCN(CC(=O)Nc3ccc(F)cc3F)C2=O)c1. The quantitative estimate of drug-likeness (QED) is 0.822. The molecule has 0 bridgehead atoms. The zero-order valence-electron chi connectivity index (χ0n) is 15.4. The Labute approximate surface area is 160 Å². The Balaban J connectivity index is 1.69. The van der Waals surface area contributed by atoms with Gasteiger partial charge in [-0.25, -0.2) is 13.6 Å². The maximum Gasteiger partial charge on any atom is 0.325 e. The number of nitrogens with zero attached hydrogens (tertiary/aromatic N) is 2. The first kappa shape index (κ1) is 19.4. The molecule has 0 spiro atoms. The van der Waals surface area contributed by atoms with Crippen LogP contribution < -0.4 is 19.7 Å². The standard InChI is InChI=1S/C19H19F2N3O4/c1-27-13-4-6-17(28-2)16(10-13)24-8-7-23(19(24)26)11-18(25)22-15-5-3-12(20)9-14(15)21/h3-6,9-10H,7-8,11H2,1-2H3,(H,22,25). The predicted molar refractivity (Wildman–Crippen MR) is 98.8 cm³/mol. The number of ether oxygens (including phenoxy) is 2. The maximum atomic E-state index is 13.7. The average Bonchev–Trinajstić information content (AvgIpc) is 3.03. The topological polar surface area (TPSA) is 71.1 Å². The molecule has 148 valence electrons. The van der Waals surface area contributed by atoms with E-state index >= 15 is 0 Å². The molecule has 1 aliphatic rings. The first-order valence-electron chi connectivity index (χ1n) is 8.46. The molecule has 2 aromatic rings. The normalized spacial score (nSPS) is 13.6. The molecule has 1 N–H and O–H groups in total. The number of amides is 3. The largest absolute Gasteiger partial charge is 0.497 e. The van der Waals surface area contributed by atoms with Crippen molar-refractivity contribution < 1.29 is 27.8 Å². The van der Waals surface area contributed by atoms with Gasteiger partial charge in [-0.1, -0.05) is 0 Å². The van der Waals surface area contributed by atoms with Crippen molar-refractivity contribution in [2.24, 2.45) is 0 Å². The van der Waals surface area contributed by atoms with Crippen LogP contribution in [0.5, 0.6) is 11.5 Å². The first-order chi connectivity index (χ1) is 13.4. The fraction of sp³-hybridized carbons (Fsp3) is 0.263. The minimum Gasteiger partial charge on any atom is -0.497 e. The molecular formula is C19H19F2N3O4. The van der Waals surface area contributed by atoms with Crippen LogP contribution in [-0.2, 0) is 4.79 Å². The van der Waals surface area contributed by atoms with E-state index in [0.29, 0.717) is 36.3 Å². The fourth-order valence-electron chi connectivity index (χ4n) is 2.91. The van der Waals surface area contributed by atoms with Gasteiger partial charge in [-0.15, -0.1) is 0 Å². The number of hydrogen-bond acceptors (Lipinski definition) is 4. The summed E-state index contributed by atoms with van der Waals surface area (Å²) in [5.41, 5.74) is 0.378. The molecular weight excluding hydrogens is 372 g/mol. The number of benzene rings is 2. The summed E-state index contributed by atoms with van der Waals surface area (Å²) in [6.45, 7) is 0.386. The summed E-state index contributed by atoms with van der Waals surface area (Å²) in [6.07, 6.45) is 0. The van der Waals surface area contributed by atoms with E-state index in [1.807, 2.05) is 0 Å². The van der Waals surface area contributed by atoms with Gasteiger partial charge in [-0.3, -0.25) is 9.69 Å². The molecule has 9 heteroatoms. The Hall–Kier alpha value is -3.36. The minimum absolute atomic E-state index is 0.149. The van der Waals surface area contributed by atoms with Crippen LogP contribution in [0, 0.1) is 11.6 Å². The van der Waals surface area contributed by atoms with Crippen LogP contribution >= 0.6 is 0 Å². The van der Waals surface area contributed by atoms with E-state index in [2.05, 4.69) is 5.32 Å². The Morgan fingerprint density at radius 1 is 1.11 bits per heavy atom. The first-order valence-corrected chi connectivity index (χ1v) is 8.46. The van der Waals surface area contributed by atoms with Crippen LogP contribution in [0.3, 0.4) is 0 Å². The van der Waals surface area contributed by atoms with Crippen LogP contribution in [-0.4, -0.2) is 50.7 Å². The third-order valence-corrected chi connectivity index (χ3v) is 4.31. The van der Waals surface area contributed by atoms with Crippen LogP contribution in [0.1, 0.15) is 0 Å². The van der Waals surface area contributed by atoms with Crippen LogP contribution in [0.2, 0.25) is 0 Å². The summed E-state index contributed by atoms with van der Waals surface area (Å²) in [7, 11) is 3.01. The van der Waals surface area contributed by atoms with Crippen molar-refractivity contribution in [1.82, 2.24) is 4.90 Å². The highest BCUT2D eigenvalue weighted by Crippen LogP contribution is 2.34. The minimum atomic E-state index is -0.885. The van der Waals surface area contributed by atoms with Gasteiger partial charge >= 0.3 is 6.03 Å². The number of carbonyl (C=O) groups excluding carboxylic acids is 2. The monoisotopic (exact) mass is 391 g/mol. The highest BCUT2D eigenvalue weighted by atomic mass is 19.1. The van der Waals surface area contributed by atoms with Crippen molar-refractivity contribution in [3.63, 3.8) is 0 Å². The molecule has 0 unspecified atom stereocenters. The molecule has 0 atom stereocenters. The number of anilines is 2. The number of hydrogen-bond donors (Lipinski definition) is 1. The average molecular weight is 391 g/mol. The second-order valence-electron chi connectivity index (χ2n) is 6.07. The molecule has 1 aliphatic heterocycles. The van der Waals surface area contributed by atoms with Crippen LogP contribution in [0.15, 0.2) is 36.4 Å². The van der Waals surface area contributed by atoms with Gasteiger partial charge in [0.15, 0.2) is 0 Å². The van der Waals surface area contributed by atoms with Crippen molar-refractivity contribution >= 4 is 23.3 Å². The Morgan fingerprint density at radius 2 is 1.89 bits per heavy atom. The number of methoxy groups -OCH3 is 2. The Bertz CT molecular complexity index is 907. The Kier molecular flexibility index (Phi) is 5.62. The molecule has 1 fully saturated rings. The summed E-state index contributed by atoms with van der Waals surface area (Å²) < 4.78 is 37.1. The lowest BCUT2D eigenvalue weighted by molar-refractivity contribution is -0.116. The van der Waals surface area contributed by atoms with Crippen molar-refractivity contribution in [3.8, 4) is 11.5 Å². The molecule has 7 nitrogen and oxygen atoms in total. The molecule has 3 amide bonds. The number of halogens is 2. The molecule has 28 heavy (non-hydrogen) atoms. The van der Waals surface area contributed by atoms with Gasteiger partial charge in [0, 0.05) is 25.2 Å². The number of nitrogens with one attached hydrogen (secondary N) is 1. The van der Waals surface area contributed by atoms with Crippen LogP contribution in [0.4, 0.5) is 25.0 Å². The van der Waals surface area contributed by atoms with Gasteiger partial charge < -0.3 is 19.7 Å². The van der Waals surface area contributed by atoms with Crippen molar-refractivity contribution in [2.75, 3.05) is 44.1 Å². The molecule has 1 heterocycles. The zero-order chi connectivity index (χ0) is 20.3. The van der Waals surface area contributed by atoms with E-state index in [4.69, 9.17) is 9.47 Å². The second-order valence-corrected chi connectivity index (χ2v) is 6.07.